The van der Waals surface area contributed by atoms with Crippen LogP contribution in [0.2, 0.25) is 0 Å². The molecule has 0 atom stereocenters. The number of nitrogens with zero attached hydrogens (tertiary/aromatic N) is 3. The minimum Gasteiger partial charge on any atom is -0.456 e. The molecule has 1 aliphatic heterocycles. The van der Waals surface area contributed by atoms with E-state index < -0.39 is 0 Å². The fourth-order valence-electron chi connectivity index (χ4n) is 3.94. The summed E-state index contributed by atoms with van der Waals surface area (Å²) in [5.74, 6) is 0. The summed E-state index contributed by atoms with van der Waals surface area (Å²) in [5.41, 5.74) is 3.87. The highest BCUT2D eigenvalue weighted by molar-refractivity contribution is 6.05. The minimum absolute atomic E-state index is 0.128. The van der Waals surface area contributed by atoms with E-state index in [0.29, 0.717) is 11.3 Å². The Hall–Kier alpha value is -3.67. The summed E-state index contributed by atoms with van der Waals surface area (Å²) >= 11 is 0. The van der Waals surface area contributed by atoms with Gasteiger partial charge in [-0.05, 0) is 42.7 Å². The number of hydrogen-bond acceptors (Lipinski definition) is 5. The van der Waals surface area contributed by atoms with E-state index in [9.17, 15) is 10.1 Å². The molecule has 1 aliphatic rings. The molecule has 1 aromatic heterocycles. The lowest BCUT2D eigenvalue weighted by Crippen LogP contribution is -2.18. The molecule has 1 fully saturated rings. The van der Waals surface area contributed by atoms with Crippen molar-refractivity contribution in [2.45, 2.75) is 12.8 Å². The van der Waals surface area contributed by atoms with Gasteiger partial charge in [0, 0.05) is 42.2 Å². The van der Waals surface area contributed by atoms with Crippen molar-refractivity contribution in [1.82, 2.24) is 0 Å². The normalized spacial score (nSPS) is 14.4. The molecule has 0 N–H and O–H groups in total. The Morgan fingerprint density at radius 1 is 0.966 bits per heavy atom. The third-order valence-electron chi connectivity index (χ3n) is 5.37. The van der Waals surface area contributed by atoms with Crippen LogP contribution in [0, 0.1) is 10.1 Å². The second kappa shape index (κ2) is 7.05. The molecule has 2 heterocycles. The van der Waals surface area contributed by atoms with Gasteiger partial charge >= 0.3 is 0 Å². The van der Waals surface area contributed by atoms with Crippen LogP contribution < -0.4 is 4.90 Å². The highest BCUT2D eigenvalue weighted by atomic mass is 16.6. The van der Waals surface area contributed by atoms with E-state index in [2.05, 4.69) is 9.89 Å². The lowest BCUT2D eigenvalue weighted by atomic mass is 10.1. The monoisotopic (exact) mass is 385 g/mol. The van der Waals surface area contributed by atoms with Crippen molar-refractivity contribution in [3.63, 3.8) is 0 Å². The lowest BCUT2D eigenvalue weighted by Gasteiger charge is -2.17. The van der Waals surface area contributed by atoms with Gasteiger partial charge in [-0.15, -0.1) is 0 Å². The maximum atomic E-state index is 11.6. The third-order valence-corrected chi connectivity index (χ3v) is 5.37. The molecular weight excluding hydrogens is 366 g/mol. The molecule has 0 saturated carbocycles. The van der Waals surface area contributed by atoms with E-state index in [-0.39, 0.29) is 10.6 Å². The van der Waals surface area contributed by atoms with Crippen molar-refractivity contribution in [2.24, 2.45) is 4.99 Å². The van der Waals surface area contributed by atoms with Crippen molar-refractivity contribution >= 4 is 45.2 Å². The lowest BCUT2D eigenvalue weighted by molar-refractivity contribution is -0.384. The van der Waals surface area contributed by atoms with Gasteiger partial charge in [0.15, 0.2) is 0 Å². The SMILES string of the molecule is O=[N+]([O-])c1cc(C=Nc2ccc3c(c2)oc2ccccc23)ccc1N1CCCC1. The highest BCUT2D eigenvalue weighted by Crippen LogP contribution is 2.33. The fourth-order valence-corrected chi connectivity index (χ4v) is 3.94. The largest absolute Gasteiger partial charge is 0.456 e. The van der Waals surface area contributed by atoms with Gasteiger partial charge in [-0.1, -0.05) is 24.3 Å². The molecule has 144 valence electrons. The van der Waals surface area contributed by atoms with Gasteiger partial charge in [-0.25, -0.2) is 0 Å². The van der Waals surface area contributed by atoms with Crippen LogP contribution in [0.5, 0.6) is 0 Å². The second-order valence-corrected chi connectivity index (χ2v) is 7.24. The molecule has 5 rings (SSSR count). The topological polar surface area (TPSA) is 71.9 Å². The predicted octanol–water partition coefficient (Wildman–Crippen LogP) is 5.85. The van der Waals surface area contributed by atoms with Gasteiger partial charge in [0.25, 0.3) is 5.69 Å². The van der Waals surface area contributed by atoms with Gasteiger partial charge < -0.3 is 9.32 Å². The molecule has 0 radical (unpaired) electrons. The molecule has 0 aliphatic carbocycles. The van der Waals surface area contributed by atoms with Crippen LogP contribution >= 0.6 is 0 Å². The van der Waals surface area contributed by atoms with Crippen LogP contribution in [-0.2, 0) is 0 Å². The van der Waals surface area contributed by atoms with Crippen molar-refractivity contribution in [3.8, 4) is 0 Å². The summed E-state index contributed by atoms with van der Waals surface area (Å²) < 4.78 is 5.90. The van der Waals surface area contributed by atoms with E-state index in [0.717, 1.165) is 53.6 Å². The maximum Gasteiger partial charge on any atom is 0.293 e. The first kappa shape index (κ1) is 17.4. The molecule has 6 heteroatoms. The van der Waals surface area contributed by atoms with Crippen LogP contribution in [0.25, 0.3) is 21.9 Å². The Kier molecular flexibility index (Phi) is 4.24. The molecule has 0 unspecified atom stereocenters. The third kappa shape index (κ3) is 3.23. The molecule has 29 heavy (non-hydrogen) atoms. The molecule has 6 nitrogen and oxygen atoms in total. The minimum atomic E-state index is -0.314. The first-order valence-corrected chi connectivity index (χ1v) is 9.68. The van der Waals surface area contributed by atoms with Crippen LogP contribution in [0.4, 0.5) is 17.1 Å². The van der Waals surface area contributed by atoms with Crippen molar-refractivity contribution in [2.75, 3.05) is 18.0 Å². The number of rotatable bonds is 4. The van der Waals surface area contributed by atoms with Gasteiger partial charge in [-0.3, -0.25) is 15.1 Å². The van der Waals surface area contributed by atoms with Gasteiger partial charge in [-0.2, -0.15) is 0 Å². The zero-order valence-electron chi connectivity index (χ0n) is 15.7. The second-order valence-electron chi connectivity index (χ2n) is 7.24. The first-order valence-electron chi connectivity index (χ1n) is 9.68. The summed E-state index contributed by atoms with van der Waals surface area (Å²) in [6, 6.07) is 19.0. The first-order chi connectivity index (χ1) is 14.2. The Bertz CT molecular complexity index is 1250. The number of para-hydroxylation sites is 1. The number of nitro benzene ring substituents is 1. The Balaban J connectivity index is 1.46. The van der Waals surface area contributed by atoms with Gasteiger partial charge in [0.1, 0.15) is 16.9 Å². The summed E-state index contributed by atoms with van der Waals surface area (Å²) in [6.45, 7) is 1.73. The van der Waals surface area contributed by atoms with E-state index in [4.69, 9.17) is 4.42 Å². The molecule has 0 bridgehead atoms. The summed E-state index contributed by atoms with van der Waals surface area (Å²) in [7, 11) is 0. The van der Waals surface area contributed by atoms with Crippen molar-refractivity contribution in [1.29, 1.82) is 0 Å². The number of anilines is 1. The van der Waals surface area contributed by atoms with Crippen molar-refractivity contribution in [3.05, 3.63) is 76.3 Å². The van der Waals surface area contributed by atoms with Crippen molar-refractivity contribution < 1.29 is 9.34 Å². The number of furan rings is 1. The number of hydrogen-bond donors (Lipinski definition) is 0. The van der Waals surface area contributed by atoms with Crippen LogP contribution in [0.15, 0.2) is 70.1 Å². The molecule has 4 aromatic rings. The summed E-state index contributed by atoms with van der Waals surface area (Å²) in [6.07, 6.45) is 3.81. The predicted molar refractivity (Wildman–Crippen MR) is 116 cm³/mol. The van der Waals surface area contributed by atoms with E-state index >= 15 is 0 Å². The van der Waals surface area contributed by atoms with E-state index in [1.807, 2.05) is 54.6 Å². The molecular formula is C23H19N3O3. The Morgan fingerprint density at radius 2 is 1.76 bits per heavy atom. The van der Waals surface area contributed by atoms with Gasteiger partial charge in [0.05, 0.1) is 10.6 Å². The molecule has 1 saturated heterocycles. The smallest absolute Gasteiger partial charge is 0.293 e. The molecule has 3 aromatic carbocycles. The maximum absolute atomic E-state index is 11.6. The van der Waals surface area contributed by atoms with E-state index in [1.165, 1.54) is 0 Å². The van der Waals surface area contributed by atoms with Crippen LogP contribution in [0.3, 0.4) is 0 Å². The van der Waals surface area contributed by atoms with Crippen LogP contribution in [0.1, 0.15) is 18.4 Å². The quantitative estimate of drug-likeness (QED) is 0.251. The van der Waals surface area contributed by atoms with Gasteiger partial charge in [0.2, 0.25) is 0 Å². The molecule has 0 spiro atoms. The summed E-state index contributed by atoms with van der Waals surface area (Å²) in [4.78, 5) is 17.8. The number of aliphatic imine (C=N–C) groups is 1. The number of fused-ring (bicyclic) bond motifs is 3. The zero-order chi connectivity index (χ0) is 19.8. The average Bonchev–Trinajstić information content (AvgIpc) is 3.39. The van der Waals surface area contributed by atoms with Crippen LogP contribution in [-0.4, -0.2) is 24.2 Å². The zero-order valence-corrected chi connectivity index (χ0v) is 15.7. The standard InChI is InChI=1S/C23H19N3O3/c27-26(28)21-13-16(7-10-20(21)25-11-3-4-12-25)15-24-17-8-9-19-18-5-1-2-6-22(18)29-23(19)14-17/h1-2,5-10,13-15H,3-4,11-12H2. The summed E-state index contributed by atoms with van der Waals surface area (Å²) in [5, 5.41) is 13.7. The number of benzene rings is 3. The Labute approximate surface area is 167 Å². The Morgan fingerprint density at radius 3 is 2.59 bits per heavy atom. The number of nitro groups is 1. The van der Waals surface area contributed by atoms with E-state index in [1.54, 1.807) is 12.3 Å². The highest BCUT2D eigenvalue weighted by Gasteiger charge is 2.22. The average molecular weight is 385 g/mol. The fraction of sp³-hybridized carbons (Fsp3) is 0.174. The molecule has 0 amide bonds.